The molecule has 0 aliphatic heterocycles. The molecule has 2 aromatic carbocycles. The number of carbonyl (C=O) groups excluding carboxylic acids is 1. The first-order valence-corrected chi connectivity index (χ1v) is 12.1. The molecule has 0 aromatic heterocycles. The molecule has 2 aromatic rings. The van der Waals surface area contributed by atoms with E-state index in [1.54, 1.807) is 43.5 Å². The van der Waals surface area contributed by atoms with Gasteiger partial charge in [-0.15, -0.1) is 0 Å². The molecule has 0 fully saturated rings. The summed E-state index contributed by atoms with van der Waals surface area (Å²) in [7, 11) is 1.59. The van der Waals surface area contributed by atoms with Gasteiger partial charge in [-0.3, -0.25) is 4.79 Å². The number of amides is 1. The molecule has 2 rings (SSSR count). The van der Waals surface area contributed by atoms with Crippen molar-refractivity contribution in [2.75, 3.05) is 20.3 Å². The van der Waals surface area contributed by atoms with Gasteiger partial charge in [-0.05, 0) is 95.8 Å². The van der Waals surface area contributed by atoms with Gasteiger partial charge >= 0.3 is 0 Å². The van der Waals surface area contributed by atoms with Crippen molar-refractivity contribution in [3.8, 4) is 17.2 Å². The Kier molecular flexibility index (Phi) is 11.2. The molecule has 0 spiro atoms. The fourth-order valence-corrected chi connectivity index (χ4v) is 3.84. The predicted molar refractivity (Wildman–Crippen MR) is 138 cm³/mol. The second-order valence-corrected chi connectivity index (χ2v) is 8.89. The van der Waals surface area contributed by atoms with Gasteiger partial charge in [0.1, 0.15) is 5.75 Å². The molecule has 3 N–H and O–H groups in total. The monoisotopic (exact) mass is 485 g/mol. The minimum Gasteiger partial charge on any atom is -0.494 e. The SMILES string of the molecule is COc1cc(C(=O)N(C(C)C)C(C)C)ccc1OCCCCCCOc1ccc(/C(N)=N\O)cc1. The number of methoxy groups -OCH3 is 1. The number of nitrogens with zero attached hydrogens (tertiary/aromatic N) is 2. The summed E-state index contributed by atoms with van der Waals surface area (Å²) in [5.74, 6) is 2.02. The lowest BCUT2D eigenvalue weighted by molar-refractivity contribution is 0.0643. The molecular formula is C27H39N3O5. The van der Waals surface area contributed by atoms with Crippen LogP contribution in [0.1, 0.15) is 69.3 Å². The molecule has 0 unspecified atom stereocenters. The van der Waals surface area contributed by atoms with E-state index >= 15 is 0 Å². The van der Waals surface area contributed by atoms with E-state index in [1.807, 2.05) is 38.7 Å². The minimum atomic E-state index is -0.0128. The van der Waals surface area contributed by atoms with Crippen molar-refractivity contribution in [2.45, 2.75) is 65.5 Å². The summed E-state index contributed by atoms with van der Waals surface area (Å²) < 4.78 is 17.1. The molecule has 0 radical (unpaired) electrons. The zero-order valence-corrected chi connectivity index (χ0v) is 21.5. The Labute approximate surface area is 208 Å². The number of ether oxygens (including phenoxy) is 3. The number of unbranched alkanes of at least 4 members (excludes halogenated alkanes) is 3. The summed E-state index contributed by atoms with van der Waals surface area (Å²) in [6.07, 6.45) is 3.88. The number of amidine groups is 1. The van der Waals surface area contributed by atoms with Crippen molar-refractivity contribution in [2.24, 2.45) is 10.9 Å². The Balaban J connectivity index is 1.72. The first-order chi connectivity index (χ1) is 16.8. The summed E-state index contributed by atoms with van der Waals surface area (Å²) in [5.41, 5.74) is 6.79. The van der Waals surface area contributed by atoms with Gasteiger partial charge in [0.2, 0.25) is 0 Å². The maximum Gasteiger partial charge on any atom is 0.254 e. The fraction of sp³-hybridized carbons (Fsp3) is 0.481. The van der Waals surface area contributed by atoms with Crippen molar-refractivity contribution in [1.82, 2.24) is 4.90 Å². The molecule has 8 nitrogen and oxygen atoms in total. The van der Waals surface area contributed by atoms with Crippen LogP contribution in [0.3, 0.4) is 0 Å². The third-order valence-corrected chi connectivity index (χ3v) is 5.58. The van der Waals surface area contributed by atoms with Crippen LogP contribution in [-0.2, 0) is 0 Å². The molecule has 0 aliphatic rings. The smallest absolute Gasteiger partial charge is 0.254 e. The molecule has 192 valence electrons. The number of carbonyl (C=O) groups is 1. The van der Waals surface area contributed by atoms with Crippen molar-refractivity contribution in [3.05, 3.63) is 53.6 Å². The molecule has 0 saturated heterocycles. The molecule has 0 atom stereocenters. The van der Waals surface area contributed by atoms with Crippen LogP contribution in [-0.4, -0.2) is 54.3 Å². The fourth-order valence-electron chi connectivity index (χ4n) is 3.84. The Morgan fingerprint density at radius 3 is 2.00 bits per heavy atom. The first kappa shape index (κ1) is 27.8. The van der Waals surface area contributed by atoms with Crippen molar-refractivity contribution in [1.29, 1.82) is 0 Å². The highest BCUT2D eigenvalue weighted by Gasteiger charge is 2.22. The normalized spacial score (nSPS) is 11.6. The number of benzene rings is 2. The zero-order valence-electron chi connectivity index (χ0n) is 21.5. The van der Waals surface area contributed by atoms with E-state index in [0.717, 1.165) is 31.4 Å². The third-order valence-electron chi connectivity index (χ3n) is 5.58. The van der Waals surface area contributed by atoms with Crippen LogP contribution in [0, 0.1) is 0 Å². The molecule has 35 heavy (non-hydrogen) atoms. The van der Waals surface area contributed by atoms with Crippen molar-refractivity contribution in [3.63, 3.8) is 0 Å². The zero-order chi connectivity index (χ0) is 25.8. The second kappa shape index (κ2) is 14.1. The molecule has 1 amide bonds. The Bertz CT molecular complexity index is 950. The van der Waals surface area contributed by atoms with E-state index in [2.05, 4.69) is 5.16 Å². The summed E-state index contributed by atoms with van der Waals surface area (Å²) >= 11 is 0. The second-order valence-electron chi connectivity index (χ2n) is 8.89. The van der Waals surface area contributed by atoms with E-state index in [9.17, 15) is 4.79 Å². The summed E-state index contributed by atoms with van der Waals surface area (Å²) in [6, 6.07) is 12.7. The lowest BCUT2D eigenvalue weighted by Crippen LogP contribution is -2.42. The van der Waals surface area contributed by atoms with Crippen LogP contribution < -0.4 is 19.9 Å². The third kappa shape index (κ3) is 8.38. The van der Waals surface area contributed by atoms with Gasteiger partial charge in [0, 0.05) is 23.2 Å². The number of rotatable bonds is 14. The lowest BCUT2D eigenvalue weighted by Gasteiger charge is -2.31. The molecule has 0 heterocycles. The summed E-state index contributed by atoms with van der Waals surface area (Å²) in [4.78, 5) is 14.8. The van der Waals surface area contributed by atoms with Crippen molar-refractivity contribution >= 4 is 11.7 Å². The average Bonchev–Trinajstić information content (AvgIpc) is 2.85. The summed E-state index contributed by atoms with van der Waals surface area (Å²) in [5, 5.41) is 11.7. The van der Waals surface area contributed by atoms with Gasteiger partial charge in [-0.25, -0.2) is 0 Å². The number of oxime groups is 1. The highest BCUT2D eigenvalue weighted by molar-refractivity contribution is 5.97. The highest BCUT2D eigenvalue weighted by atomic mass is 16.5. The van der Waals surface area contributed by atoms with Crippen LogP contribution in [0.25, 0.3) is 0 Å². The number of hydrogen-bond donors (Lipinski definition) is 2. The van der Waals surface area contributed by atoms with Crippen molar-refractivity contribution < 1.29 is 24.2 Å². The predicted octanol–water partition coefficient (Wildman–Crippen LogP) is 5.07. The lowest BCUT2D eigenvalue weighted by atomic mass is 10.1. The Morgan fingerprint density at radius 2 is 1.46 bits per heavy atom. The van der Waals surface area contributed by atoms with Crippen LogP contribution in [0.4, 0.5) is 0 Å². The van der Waals surface area contributed by atoms with Gasteiger partial charge in [0.05, 0.1) is 20.3 Å². The van der Waals surface area contributed by atoms with Gasteiger partial charge < -0.3 is 30.1 Å². The van der Waals surface area contributed by atoms with Gasteiger partial charge in [-0.2, -0.15) is 0 Å². The molecule has 0 aliphatic carbocycles. The van der Waals surface area contributed by atoms with E-state index in [1.165, 1.54) is 0 Å². The molecule has 0 saturated carbocycles. The molecule has 0 bridgehead atoms. The molecular weight excluding hydrogens is 446 g/mol. The summed E-state index contributed by atoms with van der Waals surface area (Å²) in [6.45, 7) is 9.26. The Hall–Kier alpha value is -3.42. The van der Waals surface area contributed by atoms with E-state index < -0.39 is 0 Å². The topological polar surface area (TPSA) is 107 Å². The molecule has 8 heteroatoms. The Morgan fingerprint density at radius 1 is 0.886 bits per heavy atom. The number of hydrogen-bond acceptors (Lipinski definition) is 6. The van der Waals surface area contributed by atoms with Gasteiger partial charge in [0.25, 0.3) is 5.91 Å². The quantitative estimate of drug-likeness (QED) is 0.127. The average molecular weight is 486 g/mol. The van der Waals surface area contributed by atoms with Gasteiger partial charge in [-0.1, -0.05) is 5.16 Å². The highest BCUT2D eigenvalue weighted by Crippen LogP contribution is 2.29. The van der Waals surface area contributed by atoms with E-state index in [4.69, 9.17) is 25.2 Å². The van der Waals surface area contributed by atoms with Crippen LogP contribution in [0.5, 0.6) is 17.2 Å². The minimum absolute atomic E-state index is 0.0128. The number of nitrogens with two attached hydrogens (primary N) is 1. The first-order valence-electron chi connectivity index (χ1n) is 12.1. The van der Waals surface area contributed by atoms with Gasteiger partial charge in [0.15, 0.2) is 17.3 Å². The van der Waals surface area contributed by atoms with E-state index in [-0.39, 0.29) is 23.8 Å². The standard InChI is InChI=1S/C27H39N3O5/c1-19(2)30(20(3)4)27(31)22-12-15-24(25(18-22)33-5)35-17-9-7-6-8-16-34-23-13-10-21(11-14-23)26(28)29-32/h10-15,18-20,32H,6-9,16-17H2,1-5H3,(H2,28,29). The maximum atomic E-state index is 12.9. The van der Waals surface area contributed by atoms with Crippen LogP contribution in [0.2, 0.25) is 0 Å². The van der Waals surface area contributed by atoms with Crippen LogP contribution >= 0.6 is 0 Å². The largest absolute Gasteiger partial charge is 0.494 e. The van der Waals surface area contributed by atoms with E-state index in [0.29, 0.717) is 35.8 Å². The maximum absolute atomic E-state index is 12.9. The van der Waals surface area contributed by atoms with Crippen LogP contribution in [0.15, 0.2) is 47.6 Å².